The number of hydrogen-bond acceptors (Lipinski definition) is 12. The minimum atomic E-state index is -1.69. The number of benzene rings is 1. The largest absolute Gasteiger partial charge is 0.466 e. The van der Waals surface area contributed by atoms with E-state index in [1.165, 1.54) is 34.0 Å². The maximum absolute atomic E-state index is 12.4. The molecule has 0 bridgehead atoms. The molecule has 0 fully saturated rings. The highest BCUT2D eigenvalue weighted by molar-refractivity contribution is 7.71. The van der Waals surface area contributed by atoms with Crippen molar-refractivity contribution in [2.45, 2.75) is 44.6 Å². The Kier molecular flexibility index (Phi) is 8.46. The Morgan fingerprint density at radius 3 is 2.63 bits per heavy atom. The molecule has 0 aliphatic heterocycles. The number of nitrogens with one attached hydrogen (secondary N) is 2. The van der Waals surface area contributed by atoms with E-state index in [0.29, 0.717) is 12.3 Å². The van der Waals surface area contributed by atoms with Gasteiger partial charge in [0.2, 0.25) is 5.89 Å². The number of furan rings is 1. The highest BCUT2D eigenvalue weighted by Gasteiger charge is 2.32. The molecule has 41 heavy (non-hydrogen) atoms. The van der Waals surface area contributed by atoms with Gasteiger partial charge >= 0.3 is 5.69 Å². The molecule has 5 rings (SSSR count). The fourth-order valence-corrected chi connectivity index (χ4v) is 4.16. The zero-order valence-electron chi connectivity index (χ0n) is 21.3. The summed E-state index contributed by atoms with van der Waals surface area (Å²) in [4.78, 5) is 26.9. The van der Waals surface area contributed by atoms with Crippen molar-refractivity contribution in [2.75, 3.05) is 0 Å². The quantitative estimate of drug-likeness (QED) is 0.128. The molecule has 3 atom stereocenters. The average molecular weight is 584 g/mol. The number of H-pyrrole nitrogens is 2. The first-order chi connectivity index (χ1) is 19.8. The Morgan fingerprint density at radius 2 is 1.88 bits per heavy atom. The van der Waals surface area contributed by atoms with Crippen molar-refractivity contribution < 1.29 is 28.9 Å². The lowest BCUT2D eigenvalue weighted by molar-refractivity contribution is -0.0737. The van der Waals surface area contributed by atoms with Gasteiger partial charge in [-0.05, 0) is 23.8 Å². The Labute approximate surface area is 235 Å². The second kappa shape index (κ2) is 12.4. The zero-order valence-corrected chi connectivity index (χ0v) is 22.1. The number of ether oxygens (including phenoxy) is 1. The molecule has 5 aromatic rings. The van der Waals surface area contributed by atoms with Crippen LogP contribution >= 0.6 is 12.2 Å². The van der Waals surface area contributed by atoms with Gasteiger partial charge in [0.1, 0.15) is 29.8 Å². The molecule has 0 spiro atoms. The minimum absolute atomic E-state index is 0.0103. The van der Waals surface area contributed by atoms with Crippen LogP contribution in [0, 0.1) is 4.84 Å². The van der Waals surface area contributed by atoms with E-state index < -0.39 is 29.6 Å². The molecular formula is C25H25N7O8S. The van der Waals surface area contributed by atoms with Gasteiger partial charge in [-0.1, -0.05) is 35.5 Å². The van der Waals surface area contributed by atoms with Gasteiger partial charge in [-0.25, -0.2) is 14.6 Å². The van der Waals surface area contributed by atoms with Crippen LogP contribution in [0.2, 0.25) is 0 Å². The molecule has 4 heterocycles. The maximum atomic E-state index is 12.4. The standard InChI is InChI=1S/C25H25N7O8S/c33-18(19(34)20(35)21-17(6-7-39-21)23-28-29-25(41)40-23)11-32-10-16(27-30-32)9-31-8-15(22(36)26-24(31)37)13-38-12-14-4-2-1-3-5-14/h1-8,10,18-20,33-35H,9,11-13H2,(H,29,41)(H,26,36,37)/t18-,19-,20+/m1/s1. The highest BCUT2D eigenvalue weighted by atomic mass is 32.1. The summed E-state index contributed by atoms with van der Waals surface area (Å²) in [6, 6.07) is 10.9. The van der Waals surface area contributed by atoms with E-state index in [1.807, 2.05) is 30.3 Å². The molecule has 0 radical (unpaired) electrons. The van der Waals surface area contributed by atoms with Gasteiger partial charge in [0.05, 0.1) is 49.9 Å². The van der Waals surface area contributed by atoms with E-state index in [4.69, 9.17) is 25.8 Å². The first-order valence-corrected chi connectivity index (χ1v) is 12.7. The Hall–Kier alpha value is -4.48. The Morgan fingerprint density at radius 1 is 1.07 bits per heavy atom. The first kappa shape index (κ1) is 28.1. The predicted octanol–water partition coefficient (Wildman–Crippen LogP) is 0.654. The Bertz CT molecular complexity index is 1770. The molecule has 15 nitrogen and oxygen atoms in total. The first-order valence-electron chi connectivity index (χ1n) is 12.3. The summed E-state index contributed by atoms with van der Waals surface area (Å²) >= 11 is 4.85. The van der Waals surface area contributed by atoms with Crippen molar-refractivity contribution in [1.29, 1.82) is 0 Å². The van der Waals surface area contributed by atoms with Gasteiger partial charge in [-0.15, -0.1) is 10.2 Å². The van der Waals surface area contributed by atoms with Crippen molar-refractivity contribution >= 4 is 12.2 Å². The number of nitrogens with zero attached hydrogens (tertiary/aromatic N) is 5. The smallest absolute Gasteiger partial charge is 0.328 e. The van der Waals surface area contributed by atoms with Gasteiger partial charge < -0.3 is 28.9 Å². The van der Waals surface area contributed by atoms with Crippen LogP contribution in [0.3, 0.4) is 0 Å². The summed E-state index contributed by atoms with van der Waals surface area (Å²) in [6.45, 7) is 0.00902. The number of aliphatic hydroxyl groups excluding tert-OH is 3. The van der Waals surface area contributed by atoms with Crippen molar-refractivity contribution in [3.8, 4) is 11.5 Å². The molecule has 0 saturated heterocycles. The monoisotopic (exact) mass is 583 g/mol. The van der Waals surface area contributed by atoms with E-state index in [-0.39, 0.29) is 47.3 Å². The van der Waals surface area contributed by atoms with Crippen molar-refractivity contribution in [3.05, 3.63) is 103 Å². The summed E-state index contributed by atoms with van der Waals surface area (Å²) in [7, 11) is 0. The molecule has 5 N–H and O–H groups in total. The van der Waals surface area contributed by atoms with Crippen LogP contribution in [-0.4, -0.2) is 62.3 Å². The highest BCUT2D eigenvalue weighted by Crippen LogP contribution is 2.31. The van der Waals surface area contributed by atoms with Crippen LogP contribution in [0.25, 0.3) is 11.5 Å². The lowest BCUT2D eigenvalue weighted by Gasteiger charge is -2.21. The van der Waals surface area contributed by atoms with Crippen LogP contribution in [0.5, 0.6) is 0 Å². The third-order valence-corrected chi connectivity index (χ3v) is 6.27. The minimum Gasteiger partial charge on any atom is -0.466 e. The van der Waals surface area contributed by atoms with E-state index >= 15 is 0 Å². The molecule has 214 valence electrons. The molecule has 1 aromatic carbocycles. The van der Waals surface area contributed by atoms with Crippen molar-refractivity contribution in [2.24, 2.45) is 0 Å². The molecule has 0 aliphatic rings. The molecule has 4 aromatic heterocycles. The van der Waals surface area contributed by atoms with Crippen LogP contribution in [0.4, 0.5) is 0 Å². The molecule has 0 saturated carbocycles. The Balaban J connectivity index is 1.21. The van der Waals surface area contributed by atoms with Gasteiger partial charge in [0.25, 0.3) is 10.4 Å². The summed E-state index contributed by atoms with van der Waals surface area (Å²) < 4.78 is 18.6. The summed E-state index contributed by atoms with van der Waals surface area (Å²) in [6.07, 6.45) is -0.703. The van der Waals surface area contributed by atoms with Crippen molar-refractivity contribution in [3.63, 3.8) is 0 Å². The lowest BCUT2D eigenvalue weighted by atomic mass is 10.0. The maximum Gasteiger partial charge on any atom is 0.328 e. The van der Waals surface area contributed by atoms with Crippen LogP contribution in [0.15, 0.2) is 73.5 Å². The predicted molar refractivity (Wildman–Crippen MR) is 142 cm³/mol. The zero-order chi connectivity index (χ0) is 28.9. The molecule has 0 amide bonds. The molecule has 16 heteroatoms. The number of aliphatic hydroxyl groups is 3. The van der Waals surface area contributed by atoms with E-state index in [1.54, 1.807) is 0 Å². The van der Waals surface area contributed by atoms with E-state index in [2.05, 4.69) is 25.5 Å². The third kappa shape index (κ3) is 6.64. The number of rotatable bonds is 12. The molecule has 0 aliphatic carbocycles. The van der Waals surface area contributed by atoms with Gasteiger partial charge in [-0.3, -0.25) is 14.3 Å². The van der Waals surface area contributed by atoms with E-state index in [0.717, 1.165) is 5.56 Å². The van der Waals surface area contributed by atoms with Crippen LogP contribution < -0.4 is 11.2 Å². The number of aromatic amines is 2. The second-order valence-electron chi connectivity index (χ2n) is 9.07. The molecular weight excluding hydrogens is 558 g/mol. The third-order valence-electron chi connectivity index (χ3n) is 6.10. The SMILES string of the molecule is O=c1[nH]c(=O)n(Cc2cn(C[C@@H](O)[C@@H](O)[C@H](O)c3occc3-c3n[nH]c(=S)o3)nn2)cc1COCc1ccccc1. The van der Waals surface area contributed by atoms with Gasteiger partial charge in [-0.2, -0.15) is 0 Å². The summed E-state index contributed by atoms with van der Waals surface area (Å²) in [5.74, 6) is -0.0362. The van der Waals surface area contributed by atoms with E-state index in [9.17, 15) is 24.9 Å². The summed E-state index contributed by atoms with van der Waals surface area (Å²) in [5, 5.41) is 46.0. The van der Waals surface area contributed by atoms with Crippen molar-refractivity contribution in [1.82, 2.24) is 34.7 Å². The average Bonchev–Trinajstić information content (AvgIpc) is 3.72. The van der Waals surface area contributed by atoms with Gasteiger partial charge in [0, 0.05) is 6.20 Å². The fourth-order valence-electron chi connectivity index (χ4n) is 4.04. The number of hydrogen-bond donors (Lipinski definition) is 5. The van der Waals surface area contributed by atoms with Crippen LogP contribution in [0.1, 0.15) is 28.7 Å². The number of aromatic nitrogens is 7. The fraction of sp³-hybridized carbons (Fsp3) is 0.280. The molecule has 0 unspecified atom stereocenters. The van der Waals surface area contributed by atoms with Crippen LogP contribution in [-0.2, 0) is 31.0 Å². The normalized spacial score (nSPS) is 13.7. The van der Waals surface area contributed by atoms with Gasteiger partial charge in [0.15, 0.2) is 0 Å². The summed E-state index contributed by atoms with van der Waals surface area (Å²) in [5.41, 5.74) is 0.586. The lowest BCUT2D eigenvalue weighted by Crippen LogP contribution is -2.35. The topological polar surface area (TPSA) is 210 Å². The second-order valence-corrected chi connectivity index (χ2v) is 9.44.